The van der Waals surface area contributed by atoms with Crippen LogP contribution in [0.4, 0.5) is 10.5 Å². The topological polar surface area (TPSA) is 76.7 Å². The molecule has 1 aromatic rings. The molecule has 1 rings (SSSR count). The SMILES string of the molecule is COc1ccc(NC(=O)OC(C)(C)C)c(C#CCNC(C)=O)c1. The lowest BCUT2D eigenvalue weighted by Crippen LogP contribution is -2.27. The van der Waals surface area contributed by atoms with E-state index in [-0.39, 0.29) is 12.5 Å². The number of carbonyl (C=O) groups excluding carboxylic acids is 2. The highest BCUT2D eigenvalue weighted by atomic mass is 16.6. The van der Waals surface area contributed by atoms with E-state index in [1.54, 1.807) is 46.1 Å². The molecule has 0 aromatic heterocycles. The number of ether oxygens (including phenoxy) is 2. The first-order valence-electron chi connectivity index (χ1n) is 7.12. The highest BCUT2D eigenvalue weighted by molar-refractivity contribution is 5.87. The first-order chi connectivity index (χ1) is 10.7. The zero-order chi connectivity index (χ0) is 17.5. The molecule has 0 heterocycles. The van der Waals surface area contributed by atoms with Crippen LogP contribution in [0.2, 0.25) is 0 Å². The molecule has 0 radical (unpaired) electrons. The molecule has 0 saturated heterocycles. The Morgan fingerprint density at radius 2 is 1.96 bits per heavy atom. The van der Waals surface area contributed by atoms with Crippen molar-refractivity contribution in [2.45, 2.75) is 33.3 Å². The third-order valence-electron chi connectivity index (χ3n) is 2.51. The van der Waals surface area contributed by atoms with Gasteiger partial charge in [-0.25, -0.2) is 4.79 Å². The summed E-state index contributed by atoms with van der Waals surface area (Å²) in [5.41, 5.74) is 0.490. The van der Waals surface area contributed by atoms with Gasteiger partial charge in [0, 0.05) is 6.92 Å². The van der Waals surface area contributed by atoms with Gasteiger partial charge in [0.2, 0.25) is 5.91 Å². The van der Waals surface area contributed by atoms with Crippen LogP contribution in [0.3, 0.4) is 0 Å². The van der Waals surface area contributed by atoms with Crippen LogP contribution in [-0.4, -0.2) is 31.3 Å². The predicted molar refractivity (Wildman–Crippen MR) is 88.4 cm³/mol. The minimum atomic E-state index is -0.589. The molecule has 0 aliphatic carbocycles. The lowest BCUT2D eigenvalue weighted by Gasteiger charge is -2.20. The van der Waals surface area contributed by atoms with Crippen molar-refractivity contribution in [3.05, 3.63) is 23.8 Å². The predicted octanol–water partition coefficient (Wildman–Crippen LogP) is 2.53. The van der Waals surface area contributed by atoms with Crippen molar-refractivity contribution in [2.75, 3.05) is 19.0 Å². The number of rotatable bonds is 3. The van der Waals surface area contributed by atoms with Crippen LogP contribution in [0, 0.1) is 11.8 Å². The molecular formula is C17H22N2O4. The van der Waals surface area contributed by atoms with Gasteiger partial charge in [0.15, 0.2) is 0 Å². The van der Waals surface area contributed by atoms with Gasteiger partial charge in [0.25, 0.3) is 0 Å². The van der Waals surface area contributed by atoms with E-state index >= 15 is 0 Å². The van der Waals surface area contributed by atoms with Gasteiger partial charge in [-0.3, -0.25) is 10.1 Å². The molecule has 124 valence electrons. The zero-order valence-corrected chi connectivity index (χ0v) is 14.1. The molecule has 0 atom stereocenters. The Morgan fingerprint density at radius 1 is 1.26 bits per heavy atom. The summed E-state index contributed by atoms with van der Waals surface area (Å²) < 4.78 is 10.4. The van der Waals surface area contributed by atoms with Crippen molar-refractivity contribution in [1.29, 1.82) is 0 Å². The number of carbonyl (C=O) groups is 2. The highest BCUT2D eigenvalue weighted by Gasteiger charge is 2.17. The molecule has 6 heteroatoms. The Balaban J connectivity index is 2.93. The minimum Gasteiger partial charge on any atom is -0.497 e. The number of methoxy groups -OCH3 is 1. The van der Waals surface area contributed by atoms with Gasteiger partial charge in [0.1, 0.15) is 11.4 Å². The summed E-state index contributed by atoms with van der Waals surface area (Å²) >= 11 is 0. The van der Waals surface area contributed by atoms with Gasteiger partial charge in [-0.05, 0) is 39.0 Å². The van der Waals surface area contributed by atoms with Gasteiger partial charge in [-0.15, -0.1) is 0 Å². The average molecular weight is 318 g/mol. The first kappa shape index (κ1) is 18.4. The summed E-state index contributed by atoms with van der Waals surface area (Å²) in [6.45, 7) is 7.00. The molecule has 0 bridgehead atoms. The maximum Gasteiger partial charge on any atom is 0.412 e. The fourth-order valence-electron chi connectivity index (χ4n) is 1.58. The third-order valence-corrected chi connectivity index (χ3v) is 2.51. The van der Waals surface area contributed by atoms with Gasteiger partial charge in [0.05, 0.1) is 24.9 Å². The molecule has 0 saturated carbocycles. The average Bonchev–Trinajstić information content (AvgIpc) is 2.42. The van der Waals surface area contributed by atoms with Crippen LogP contribution in [0.25, 0.3) is 0 Å². The fraction of sp³-hybridized carbons (Fsp3) is 0.412. The van der Waals surface area contributed by atoms with Gasteiger partial charge < -0.3 is 14.8 Å². The van der Waals surface area contributed by atoms with E-state index in [2.05, 4.69) is 22.5 Å². The van der Waals surface area contributed by atoms with Crippen molar-refractivity contribution in [3.8, 4) is 17.6 Å². The second-order valence-electron chi connectivity index (χ2n) is 5.75. The zero-order valence-electron chi connectivity index (χ0n) is 14.1. The second kappa shape index (κ2) is 8.08. The maximum atomic E-state index is 11.9. The summed E-state index contributed by atoms with van der Waals surface area (Å²) in [6.07, 6.45) is -0.562. The van der Waals surface area contributed by atoms with E-state index < -0.39 is 11.7 Å². The molecule has 0 unspecified atom stereocenters. The van der Waals surface area contributed by atoms with Crippen LogP contribution in [-0.2, 0) is 9.53 Å². The minimum absolute atomic E-state index is 0.156. The summed E-state index contributed by atoms with van der Waals surface area (Å²) in [5.74, 6) is 6.17. The Kier molecular flexibility index (Phi) is 6.46. The number of anilines is 1. The van der Waals surface area contributed by atoms with E-state index in [0.717, 1.165) is 0 Å². The Bertz CT molecular complexity index is 636. The molecule has 0 aliphatic rings. The molecule has 2 N–H and O–H groups in total. The van der Waals surface area contributed by atoms with Gasteiger partial charge >= 0.3 is 6.09 Å². The molecule has 0 spiro atoms. The van der Waals surface area contributed by atoms with Crippen molar-refractivity contribution in [3.63, 3.8) is 0 Å². The first-order valence-corrected chi connectivity index (χ1v) is 7.12. The van der Waals surface area contributed by atoms with E-state index in [1.807, 2.05) is 0 Å². The van der Waals surface area contributed by atoms with Crippen molar-refractivity contribution in [1.82, 2.24) is 5.32 Å². The molecule has 1 aromatic carbocycles. The molecule has 2 amide bonds. The second-order valence-corrected chi connectivity index (χ2v) is 5.75. The number of amides is 2. The van der Waals surface area contributed by atoms with Gasteiger partial charge in [-0.2, -0.15) is 0 Å². The van der Waals surface area contributed by atoms with Gasteiger partial charge in [-0.1, -0.05) is 11.8 Å². The molecular weight excluding hydrogens is 296 g/mol. The number of benzene rings is 1. The van der Waals surface area contributed by atoms with E-state index in [9.17, 15) is 9.59 Å². The van der Waals surface area contributed by atoms with E-state index in [4.69, 9.17) is 9.47 Å². The highest BCUT2D eigenvalue weighted by Crippen LogP contribution is 2.22. The van der Waals surface area contributed by atoms with Crippen molar-refractivity contribution in [2.24, 2.45) is 0 Å². The standard InChI is InChI=1S/C17H22N2O4/c1-12(20)18-10-6-7-13-11-14(22-5)8-9-15(13)19-16(21)23-17(2,3)4/h8-9,11H,10H2,1-5H3,(H,18,20)(H,19,21). The van der Waals surface area contributed by atoms with Crippen molar-refractivity contribution < 1.29 is 19.1 Å². The quantitative estimate of drug-likeness (QED) is 0.840. The van der Waals surface area contributed by atoms with E-state index in [1.165, 1.54) is 6.92 Å². The molecule has 0 fully saturated rings. The van der Waals surface area contributed by atoms with Crippen molar-refractivity contribution >= 4 is 17.7 Å². The Hall–Kier alpha value is -2.68. The van der Waals surface area contributed by atoms with E-state index in [0.29, 0.717) is 17.0 Å². The smallest absolute Gasteiger partial charge is 0.412 e. The monoisotopic (exact) mass is 318 g/mol. The largest absolute Gasteiger partial charge is 0.497 e. The number of nitrogens with one attached hydrogen (secondary N) is 2. The number of hydrogen-bond donors (Lipinski definition) is 2. The summed E-state index contributed by atoms with van der Waals surface area (Å²) in [4.78, 5) is 22.7. The fourth-order valence-corrected chi connectivity index (χ4v) is 1.58. The summed E-state index contributed by atoms with van der Waals surface area (Å²) in [6, 6.07) is 5.10. The maximum absolute atomic E-state index is 11.9. The van der Waals surface area contributed by atoms with Crippen LogP contribution >= 0.6 is 0 Å². The van der Waals surface area contributed by atoms with Crippen LogP contribution in [0.5, 0.6) is 5.75 Å². The molecule has 6 nitrogen and oxygen atoms in total. The molecule has 0 aliphatic heterocycles. The summed E-state index contributed by atoms with van der Waals surface area (Å²) in [7, 11) is 1.55. The van der Waals surface area contributed by atoms with Crippen LogP contribution in [0.15, 0.2) is 18.2 Å². The summed E-state index contributed by atoms with van der Waals surface area (Å²) in [5, 5.41) is 5.24. The molecule has 23 heavy (non-hydrogen) atoms. The lowest BCUT2D eigenvalue weighted by atomic mass is 10.1. The Morgan fingerprint density at radius 3 is 2.52 bits per heavy atom. The number of hydrogen-bond acceptors (Lipinski definition) is 4. The third kappa shape index (κ3) is 7.23. The normalized spacial score (nSPS) is 10.1. The Labute approximate surface area is 136 Å². The lowest BCUT2D eigenvalue weighted by molar-refractivity contribution is -0.118. The van der Waals surface area contributed by atoms with Crippen LogP contribution in [0.1, 0.15) is 33.3 Å². The van der Waals surface area contributed by atoms with Crippen LogP contribution < -0.4 is 15.4 Å².